The van der Waals surface area contributed by atoms with Gasteiger partial charge in [0.1, 0.15) is 0 Å². The third kappa shape index (κ3) is 5.49. The van der Waals surface area contributed by atoms with Crippen molar-refractivity contribution in [3.8, 4) is 0 Å². The van der Waals surface area contributed by atoms with Gasteiger partial charge in [-0.1, -0.05) is 73.5 Å². The summed E-state index contributed by atoms with van der Waals surface area (Å²) in [7, 11) is 0. The number of rotatable bonds is 8. The maximum atomic E-state index is 13.3. The molecule has 164 valence electrons. The molecule has 1 aliphatic rings. The minimum absolute atomic E-state index is 0.0807. The fourth-order valence-corrected chi connectivity index (χ4v) is 3.88. The van der Waals surface area contributed by atoms with Gasteiger partial charge in [-0.05, 0) is 30.9 Å². The summed E-state index contributed by atoms with van der Waals surface area (Å²) in [6.07, 6.45) is 3.94. The quantitative estimate of drug-likeness (QED) is 0.635. The molecule has 1 fully saturated rings. The number of ether oxygens (including phenoxy) is 2. The number of hydrogen-bond donors (Lipinski definition) is 2. The molecule has 2 aromatic rings. The van der Waals surface area contributed by atoms with Gasteiger partial charge in [0.15, 0.2) is 6.61 Å². The average Bonchev–Trinajstić information content (AvgIpc) is 3.30. The van der Waals surface area contributed by atoms with Crippen molar-refractivity contribution in [2.24, 2.45) is 0 Å². The Morgan fingerprint density at radius 3 is 2.00 bits per heavy atom. The predicted octanol–water partition coefficient (Wildman–Crippen LogP) is 3.28. The minimum atomic E-state index is -1.52. The van der Waals surface area contributed by atoms with E-state index in [4.69, 9.17) is 9.47 Å². The molecule has 0 bridgehead atoms. The van der Waals surface area contributed by atoms with Gasteiger partial charge < -0.3 is 14.8 Å². The third-order valence-corrected chi connectivity index (χ3v) is 5.29. The van der Waals surface area contributed by atoms with Crippen LogP contribution in [0.25, 0.3) is 0 Å². The molecule has 0 aromatic heterocycles. The van der Waals surface area contributed by atoms with Gasteiger partial charge in [0.25, 0.3) is 5.91 Å². The van der Waals surface area contributed by atoms with Gasteiger partial charge in [0.05, 0.1) is 0 Å². The fourth-order valence-electron chi connectivity index (χ4n) is 3.88. The van der Waals surface area contributed by atoms with E-state index < -0.39 is 30.1 Å². The second-order valence-electron chi connectivity index (χ2n) is 7.43. The zero-order chi connectivity index (χ0) is 22.1. The first kappa shape index (κ1) is 22.5. The van der Waals surface area contributed by atoms with Crippen molar-refractivity contribution in [3.63, 3.8) is 0 Å². The number of amides is 3. The zero-order valence-electron chi connectivity index (χ0n) is 17.6. The summed E-state index contributed by atoms with van der Waals surface area (Å²) < 4.78 is 11.3. The van der Waals surface area contributed by atoms with Crippen molar-refractivity contribution in [1.29, 1.82) is 0 Å². The molecule has 7 heteroatoms. The lowest BCUT2D eigenvalue weighted by atomic mass is 9.86. The molecule has 1 saturated carbocycles. The smallest absolute Gasteiger partial charge is 0.348 e. The Labute approximate surface area is 182 Å². The summed E-state index contributed by atoms with van der Waals surface area (Å²) >= 11 is 0. The first-order chi connectivity index (χ1) is 15.1. The Balaban J connectivity index is 1.73. The Morgan fingerprint density at radius 2 is 1.48 bits per heavy atom. The summed E-state index contributed by atoms with van der Waals surface area (Å²) in [5, 5.41) is 4.98. The molecule has 3 amide bonds. The summed E-state index contributed by atoms with van der Waals surface area (Å²) in [6.45, 7) is 1.44. The van der Waals surface area contributed by atoms with E-state index in [9.17, 15) is 14.4 Å². The fraction of sp³-hybridized carbons (Fsp3) is 0.375. The molecule has 0 aliphatic heterocycles. The van der Waals surface area contributed by atoms with Crippen LogP contribution in [0.1, 0.15) is 43.7 Å². The van der Waals surface area contributed by atoms with Crippen molar-refractivity contribution >= 4 is 17.9 Å². The van der Waals surface area contributed by atoms with Crippen LogP contribution in [0.2, 0.25) is 0 Å². The van der Waals surface area contributed by atoms with Crippen molar-refractivity contribution < 1.29 is 23.9 Å². The molecule has 0 atom stereocenters. The van der Waals surface area contributed by atoms with E-state index in [1.165, 1.54) is 0 Å². The summed E-state index contributed by atoms with van der Waals surface area (Å²) in [5.74, 6) is -1.42. The molecule has 0 unspecified atom stereocenters. The standard InChI is InChI=1S/C24H28N2O5/c1-2-31-24(18-11-5-3-6-12-18,19-13-7-4-8-14-19)22(28)30-17-21(27)26-23(29)25-20-15-9-10-16-20/h3-8,11-14,20H,2,9-10,15-17H2,1H3,(H2,25,26,27,29). The number of urea groups is 1. The maximum Gasteiger partial charge on any atom is 0.348 e. The highest BCUT2D eigenvalue weighted by molar-refractivity contribution is 5.96. The van der Waals surface area contributed by atoms with Gasteiger partial charge in [-0.2, -0.15) is 0 Å². The van der Waals surface area contributed by atoms with Crippen LogP contribution < -0.4 is 10.6 Å². The topological polar surface area (TPSA) is 93.7 Å². The van der Waals surface area contributed by atoms with Crippen LogP contribution >= 0.6 is 0 Å². The number of nitrogens with one attached hydrogen (secondary N) is 2. The third-order valence-electron chi connectivity index (χ3n) is 5.29. The molecule has 2 aromatic carbocycles. The van der Waals surface area contributed by atoms with Gasteiger partial charge in [-0.15, -0.1) is 0 Å². The van der Waals surface area contributed by atoms with Crippen molar-refractivity contribution in [2.75, 3.05) is 13.2 Å². The number of hydrogen-bond acceptors (Lipinski definition) is 5. The first-order valence-corrected chi connectivity index (χ1v) is 10.6. The van der Waals surface area contributed by atoms with Crippen LogP contribution in [-0.2, 0) is 24.7 Å². The Hall–Kier alpha value is -3.19. The van der Waals surface area contributed by atoms with E-state index in [-0.39, 0.29) is 12.6 Å². The van der Waals surface area contributed by atoms with Gasteiger partial charge in [0.2, 0.25) is 5.60 Å². The van der Waals surface area contributed by atoms with Gasteiger partial charge in [-0.3, -0.25) is 10.1 Å². The van der Waals surface area contributed by atoms with Gasteiger partial charge in [0, 0.05) is 12.6 Å². The second kappa shape index (κ2) is 10.7. The minimum Gasteiger partial charge on any atom is -0.453 e. The predicted molar refractivity (Wildman–Crippen MR) is 115 cm³/mol. The molecule has 0 heterocycles. The van der Waals surface area contributed by atoms with E-state index in [0.717, 1.165) is 25.7 Å². The van der Waals surface area contributed by atoms with E-state index in [1.807, 2.05) is 12.1 Å². The second-order valence-corrected chi connectivity index (χ2v) is 7.43. The van der Waals surface area contributed by atoms with Crippen molar-refractivity contribution in [1.82, 2.24) is 10.6 Å². The maximum absolute atomic E-state index is 13.3. The van der Waals surface area contributed by atoms with Gasteiger partial charge in [-0.25, -0.2) is 9.59 Å². The average molecular weight is 424 g/mol. The first-order valence-electron chi connectivity index (χ1n) is 10.6. The number of imide groups is 1. The Morgan fingerprint density at radius 1 is 0.935 bits per heavy atom. The van der Waals surface area contributed by atoms with E-state index in [1.54, 1.807) is 55.5 Å². The molecular formula is C24H28N2O5. The van der Waals surface area contributed by atoms with Gasteiger partial charge >= 0.3 is 12.0 Å². The van der Waals surface area contributed by atoms with Crippen LogP contribution in [0.5, 0.6) is 0 Å². The highest BCUT2D eigenvalue weighted by atomic mass is 16.6. The number of benzene rings is 2. The van der Waals surface area contributed by atoms with Crippen molar-refractivity contribution in [3.05, 3.63) is 71.8 Å². The largest absolute Gasteiger partial charge is 0.453 e. The molecule has 7 nitrogen and oxygen atoms in total. The van der Waals surface area contributed by atoms with E-state index in [0.29, 0.717) is 11.1 Å². The summed E-state index contributed by atoms with van der Waals surface area (Å²) in [4.78, 5) is 37.5. The SMILES string of the molecule is CCOC(C(=O)OCC(=O)NC(=O)NC1CCCC1)(c1ccccc1)c1ccccc1. The highest BCUT2D eigenvalue weighted by Gasteiger charge is 2.45. The Kier molecular flexibility index (Phi) is 7.78. The molecular weight excluding hydrogens is 396 g/mol. The van der Waals surface area contributed by atoms with E-state index >= 15 is 0 Å². The van der Waals surface area contributed by atoms with Crippen LogP contribution in [-0.4, -0.2) is 37.2 Å². The molecule has 0 spiro atoms. The molecule has 31 heavy (non-hydrogen) atoms. The lowest BCUT2D eigenvalue weighted by molar-refractivity contribution is -0.170. The summed E-state index contributed by atoms with van der Waals surface area (Å²) in [6, 6.07) is 17.5. The number of carbonyl (C=O) groups excluding carboxylic acids is 3. The lowest BCUT2D eigenvalue weighted by Gasteiger charge is -2.32. The van der Waals surface area contributed by atoms with Crippen LogP contribution in [0.4, 0.5) is 4.79 Å². The zero-order valence-corrected chi connectivity index (χ0v) is 17.6. The molecule has 1 aliphatic carbocycles. The van der Waals surface area contributed by atoms with Crippen molar-refractivity contribution in [2.45, 2.75) is 44.2 Å². The number of esters is 1. The van der Waals surface area contributed by atoms with Crippen LogP contribution in [0, 0.1) is 0 Å². The summed E-state index contributed by atoms with van der Waals surface area (Å²) in [5.41, 5.74) is -0.344. The van der Waals surface area contributed by atoms with Crippen LogP contribution in [0.3, 0.4) is 0 Å². The normalized spacial score (nSPS) is 14.1. The highest BCUT2D eigenvalue weighted by Crippen LogP contribution is 2.35. The van der Waals surface area contributed by atoms with E-state index in [2.05, 4.69) is 10.6 Å². The molecule has 2 N–H and O–H groups in total. The lowest BCUT2D eigenvalue weighted by Crippen LogP contribution is -2.46. The Bertz CT molecular complexity index is 840. The monoisotopic (exact) mass is 424 g/mol. The molecule has 0 saturated heterocycles. The molecule has 0 radical (unpaired) electrons. The number of carbonyl (C=O) groups is 3. The molecule has 3 rings (SSSR count). The van der Waals surface area contributed by atoms with Crippen LogP contribution in [0.15, 0.2) is 60.7 Å².